The first-order valence-electron chi connectivity index (χ1n) is 8.55. The van der Waals surface area contributed by atoms with Crippen LogP contribution in [0, 0.1) is 0 Å². The third-order valence-electron chi connectivity index (χ3n) is 4.35. The Morgan fingerprint density at radius 1 is 0.821 bits per heavy atom. The molecule has 144 valence electrons. The zero-order chi connectivity index (χ0) is 19.6. The quantitative estimate of drug-likeness (QED) is 0.365. The van der Waals surface area contributed by atoms with Gasteiger partial charge in [-0.05, 0) is 41.0 Å². The molecule has 0 saturated carbocycles. The van der Waals surface area contributed by atoms with Crippen LogP contribution in [0.5, 0.6) is 5.75 Å². The van der Waals surface area contributed by atoms with Gasteiger partial charge in [-0.15, -0.1) is 0 Å². The van der Waals surface area contributed by atoms with Crippen molar-refractivity contribution in [3.8, 4) is 16.9 Å². The standard InChI is InChI=1S/C19H19N5O3S/c25-18-10-9-14(13-5-2-1-3-6-13)12-17(18)22-28(26,27)16-8-4-7-15(11-16)19-20-23-24-21-19/h1-12,19-25H. The Balaban J connectivity index is 1.64. The molecule has 1 aliphatic rings. The van der Waals surface area contributed by atoms with Gasteiger partial charge < -0.3 is 5.11 Å². The van der Waals surface area contributed by atoms with Crippen molar-refractivity contribution < 1.29 is 13.5 Å². The maximum Gasteiger partial charge on any atom is 0.262 e. The molecule has 0 aliphatic carbocycles. The summed E-state index contributed by atoms with van der Waals surface area (Å²) in [5, 5.41) is 10.2. The lowest BCUT2D eigenvalue weighted by molar-refractivity contribution is 0.477. The number of phenolic OH excluding ortho intramolecular Hbond substituents is 1. The van der Waals surface area contributed by atoms with Crippen molar-refractivity contribution in [2.75, 3.05) is 4.72 Å². The molecule has 1 saturated heterocycles. The molecule has 0 aromatic heterocycles. The highest BCUT2D eigenvalue weighted by Gasteiger charge is 2.20. The molecule has 28 heavy (non-hydrogen) atoms. The van der Waals surface area contributed by atoms with Gasteiger partial charge in [0, 0.05) is 0 Å². The highest BCUT2D eigenvalue weighted by molar-refractivity contribution is 7.92. The van der Waals surface area contributed by atoms with Crippen LogP contribution < -0.4 is 26.6 Å². The molecule has 6 N–H and O–H groups in total. The number of benzene rings is 3. The first-order chi connectivity index (χ1) is 13.5. The van der Waals surface area contributed by atoms with Gasteiger partial charge in [-0.1, -0.05) is 48.5 Å². The predicted molar refractivity (Wildman–Crippen MR) is 106 cm³/mol. The number of aromatic hydroxyl groups is 1. The molecule has 0 unspecified atom stereocenters. The third kappa shape index (κ3) is 3.84. The minimum absolute atomic E-state index is 0.0880. The lowest BCUT2D eigenvalue weighted by Crippen LogP contribution is -2.33. The predicted octanol–water partition coefficient (Wildman–Crippen LogP) is 1.98. The Morgan fingerprint density at radius 3 is 2.32 bits per heavy atom. The maximum absolute atomic E-state index is 12.9. The van der Waals surface area contributed by atoms with Crippen molar-refractivity contribution in [3.63, 3.8) is 0 Å². The van der Waals surface area contributed by atoms with E-state index in [0.29, 0.717) is 0 Å². The molecule has 0 bridgehead atoms. The van der Waals surface area contributed by atoms with E-state index in [4.69, 9.17) is 0 Å². The number of phenols is 1. The molecule has 9 heteroatoms. The van der Waals surface area contributed by atoms with Gasteiger partial charge in [0.15, 0.2) is 0 Å². The number of nitrogens with one attached hydrogen (secondary N) is 5. The van der Waals surface area contributed by atoms with E-state index in [1.807, 2.05) is 30.3 Å². The summed E-state index contributed by atoms with van der Waals surface area (Å²) in [5.41, 5.74) is 13.7. The summed E-state index contributed by atoms with van der Waals surface area (Å²) in [6, 6.07) is 20.9. The normalized spacial score (nSPS) is 14.9. The number of sulfonamides is 1. The number of anilines is 1. The molecule has 1 aliphatic heterocycles. The molecule has 3 aromatic rings. The zero-order valence-corrected chi connectivity index (χ0v) is 15.5. The van der Waals surface area contributed by atoms with Gasteiger partial charge in [-0.25, -0.2) is 19.3 Å². The molecule has 4 rings (SSSR count). The van der Waals surface area contributed by atoms with Crippen LogP contribution in [0.25, 0.3) is 11.1 Å². The minimum atomic E-state index is -3.89. The topological polar surface area (TPSA) is 115 Å². The van der Waals surface area contributed by atoms with Gasteiger partial charge >= 0.3 is 0 Å². The van der Waals surface area contributed by atoms with Crippen molar-refractivity contribution in [3.05, 3.63) is 78.4 Å². The summed E-state index contributed by atoms with van der Waals surface area (Å²) in [6.07, 6.45) is -0.287. The summed E-state index contributed by atoms with van der Waals surface area (Å²) in [4.78, 5) is 0.0880. The van der Waals surface area contributed by atoms with Crippen LogP contribution >= 0.6 is 0 Å². The van der Waals surface area contributed by atoms with Crippen LogP contribution in [0.3, 0.4) is 0 Å². The fourth-order valence-corrected chi connectivity index (χ4v) is 4.03. The van der Waals surface area contributed by atoms with Crippen LogP contribution in [0.15, 0.2) is 77.7 Å². The molecular formula is C19H19N5O3S. The van der Waals surface area contributed by atoms with Crippen molar-refractivity contribution >= 4 is 15.7 Å². The highest BCUT2D eigenvalue weighted by Crippen LogP contribution is 2.31. The molecule has 8 nitrogen and oxygen atoms in total. The third-order valence-corrected chi connectivity index (χ3v) is 5.71. The van der Waals surface area contributed by atoms with Crippen molar-refractivity contribution in [1.29, 1.82) is 0 Å². The van der Waals surface area contributed by atoms with Gasteiger partial charge in [-0.2, -0.15) is 11.1 Å². The van der Waals surface area contributed by atoms with E-state index in [-0.39, 0.29) is 22.5 Å². The molecule has 0 radical (unpaired) electrons. The van der Waals surface area contributed by atoms with Gasteiger partial charge in [-0.3, -0.25) is 4.72 Å². The van der Waals surface area contributed by atoms with E-state index < -0.39 is 10.0 Å². The van der Waals surface area contributed by atoms with Gasteiger partial charge in [0.1, 0.15) is 11.9 Å². The zero-order valence-electron chi connectivity index (χ0n) is 14.7. The van der Waals surface area contributed by atoms with Gasteiger partial charge in [0.2, 0.25) is 0 Å². The van der Waals surface area contributed by atoms with Crippen LogP contribution in [0.4, 0.5) is 5.69 Å². The number of hydrogen-bond acceptors (Lipinski definition) is 7. The first kappa shape index (κ1) is 18.4. The summed E-state index contributed by atoms with van der Waals surface area (Å²) in [7, 11) is -3.89. The average molecular weight is 397 g/mol. The van der Waals surface area contributed by atoms with E-state index in [1.54, 1.807) is 30.3 Å². The van der Waals surface area contributed by atoms with Crippen LogP contribution in [-0.4, -0.2) is 13.5 Å². The molecular weight excluding hydrogens is 378 g/mol. The fourth-order valence-electron chi connectivity index (χ4n) is 2.91. The molecule has 0 amide bonds. The van der Waals surface area contributed by atoms with E-state index in [0.717, 1.165) is 16.7 Å². The van der Waals surface area contributed by atoms with Crippen molar-refractivity contribution in [2.45, 2.75) is 11.1 Å². The number of hydrazine groups is 3. The second-order valence-electron chi connectivity index (χ2n) is 6.25. The summed E-state index contributed by atoms with van der Waals surface area (Å²) >= 11 is 0. The van der Waals surface area contributed by atoms with Crippen molar-refractivity contribution in [1.82, 2.24) is 21.9 Å². The fraction of sp³-hybridized carbons (Fsp3) is 0.0526. The summed E-state index contributed by atoms with van der Waals surface area (Å²) in [5.74, 6) is -0.146. The molecule has 1 fully saturated rings. The first-order valence-corrected chi connectivity index (χ1v) is 10.0. The van der Waals surface area contributed by atoms with E-state index >= 15 is 0 Å². The molecule has 0 atom stereocenters. The van der Waals surface area contributed by atoms with Crippen LogP contribution in [0.1, 0.15) is 11.7 Å². The van der Waals surface area contributed by atoms with Gasteiger partial charge in [0.05, 0.1) is 10.6 Å². The monoisotopic (exact) mass is 397 g/mol. The molecule has 1 heterocycles. The van der Waals surface area contributed by atoms with E-state index in [9.17, 15) is 13.5 Å². The molecule has 0 spiro atoms. The lowest BCUT2D eigenvalue weighted by atomic mass is 10.1. The number of rotatable bonds is 5. The van der Waals surface area contributed by atoms with Gasteiger partial charge in [0.25, 0.3) is 10.0 Å². The Kier molecular flexibility index (Phi) is 4.99. The largest absolute Gasteiger partial charge is 0.506 e. The molecule has 3 aromatic carbocycles. The second kappa shape index (κ2) is 7.58. The Labute approximate surface area is 162 Å². The van der Waals surface area contributed by atoms with Crippen molar-refractivity contribution in [2.24, 2.45) is 0 Å². The maximum atomic E-state index is 12.9. The minimum Gasteiger partial charge on any atom is -0.506 e. The average Bonchev–Trinajstić information content (AvgIpc) is 3.25. The van der Waals surface area contributed by atoms with E-state index in [2.05, 4.69) is 26.6 Å². The Morgan fingerprint density at radius 2 is 1.57 bits per heavy atom. The number of hydrogen-bond donors (Lipinski definition) is 6. The summed E-state index contributed by atoms with van der Waals surface area (Å²) in [6.45, 7) is 0. The smallest absolute Gasteiger partial charge is 0.262 e. The highest BCUT2D eigenvalue weighted by atomic mass is 32.2. The van der Waals surface area contributed by atoms with Crippen LogP contribution in [-0.2, 0) is 10.0 Å². The SMILES string of the molecule is O=S(=O)(Nc1cc(-c2ccccc2)ccc1O)c1cccc(C2NNNN2)c1. The lowest BCUT2D eigenvalue weighted by Gasteiger charge is -2.14. The second-order valence-corrected chi connectivity index (χ2v) is 7.93. The summed E-state index contributed by atoms with van der Waals surface area (Å²) < 4.78 is 28.2. The Hall–Kier alpha value is -2.95. The van der Waals surface area contributed by atoms with Crippen LogP contribution in [0.2, 0.25) is 0 Å². The Bertz CT molecular complexity index is 1080. The van der Waals surface area contributed by atoms with E-state index in [1.165, 1.54) is 12.1 Å².